The molecule has 0 radical (unpaired) electrons. The zero-order chi connectivity index (χ0) is 15.9. The molecule has 0 saturated heterocycles. The van der Waals surface area contributed by atoms with Crippen LogP contribution in [0.25, 0.3) is 0 Å². The van der Waals surface area contributed by atoms with Crippen LogP contribution in [-0.4, -0.2) is 11.9 Å². The molecular formula is C18H21N3O. The average molecular weight is 295 g/mol. The maximum absolute atomic E-state index is 12.4. The van der Waals surface area contributed by atoms with E-state index in [-0.39, 0.29) is 17.8 Å². The topological polar surface area (TPSA) is 81.5 Å². The Bertz CT molecular complexity index is 661. The van der Waals surface area contributed by atoms with Gasteiger partial charge in [0.1, 0.15) is 0 Å². The normalized spacial score (nSPS) is 11.7. The highest BCUT2D eigenvalue weighted by molar-refractivity contribution is 5.95. The SMILES string of the molecule is CCc1ccccc1CC(C(=O)N=C(N)N)c1ccccc1. The number of guanidine groups is 1. The molecule has 0 aliphatic carbocycles. The minimum atomic E-state index is -0.379. The third-order valence-corrected chi connectivity index (χ3v) is 3.66. The fourth-order valence-corrected chi connectivity index (χ4v) is 2.56. The number of aliphatic imine (C=N–C) groups is 1. The van der Waals surface area contributed by atoms with E-state index in [1.54, 1.807) is 0 Å². The first-order valence-corrected chi connectivity index (χ1v) is 7.37. The summed E-state index contributed by atoms with van der Waals surface area (Å²) in [6.45, 7) is 2.11. The Morgan fingerprint density at radius 2 is 1.59 bits per heavy atom. The van der Waals surface area contributed by atoms with Gasteiger partial charge in [0.05, 0.1) is 5.92 Å². The number of carbonyl (C=O) groups is 1. The number of hydrogen-bond acceptors (Lipinski definition) is 1. The number of rotatable bonds is 5. The van der Waals surface area contributed by atoms with Crippen molar-refractivity contribution in [3.8, 4) is 0 Å². The monoisotopic (exact) mass is 295 g/mol. The lowest BCUT2D eigenvalue weighted by Crippen LogP contribution is -2.26. The molecular weight excluding hydrogens is 274 g/mol. The molecule has 22 heavy (non-hydrogen) atoms. The molecule has 0 aliphatic heterocycles. The molecule has 4 heteroatoms. The summed E-state index contributed by atoms with van der Waals surface area (Å²) in [5.74, 6) is -0.886. The molecule has 2 aromatic rings. The van der Waals surface area contributed by atoms with Gasteiger partial charge >= 0.3 is 0 Å². The van der Waals surface area contributed by atoms with Crippen molar-refractivity contribution in [2.24, 2.45) is 16.5 Å². The van der Waals surface area contributed by atoms with Gasteiger partial charge in [0.25, 0.3) is 5.91 Å². The van der Waals surface area contributed by atoms with Crippen LogP contribution in [0.1, 0.15) is 29.5 Å². The van der Waals surface area contributed by atoms with E-state index in [2.05, 4.69) is 24.0 Å². The van der Waals surface area contributed by atoms with Crippen LogP contribution >= 0.6 is 0 Å². The summed E-state index contributed by atoms with van der Waals surface area (Å²) in [6.07, 6.45) is 1.51. The summed E-state index contributed by atoms with van der Waals surface area (Å²) < 4.78 is 0. The van der Waals surface area contributed by atoms with Crippen LogP contribution in [0, 0.1) is 0 Å². The van der Waals surface area contributed by atoms with E-state index in [4.69, 9.17) is 11.5 Å². The maximum Gasteiger partial charge on any atom is 0.256 e. The van der Waals surface area contributed by atoms with E-state index >= 15 is 0 Å². The molecule has 1 atom stereocenters. The van der Waals surface area contributed by atoms with Crippen molar-refractivity contribution in [3.05, 3.63) is 71.3 Å². The van der Waals surface area contributed by atoms with E-state index in [1.165, 1.54) is 5.56 Å². The number of nitrogens with two attached hydrogens (primary N) is 2. The molecule has 1 amide bonds. The highest BCUT2D eigenvalue weighted by Crippen LogP contribution is 2.24. The standard InChI is InChI=1S/C18H21N3O/c1-2-13-8-6-7-11-15(13)12-16(17(22)21-18(19)20)14-9-4-3-5-10-14/h3-11,16H,2,12H2,1H3,(H4,19,20,21,22). The summed E-state index contributed by atoms with van der Waals surface area (Å²) in [4.78, 5) is 16.1. The lowest BCUT2D eigenvalue weighted by molar-refractivity contribution is -0.119. The van der Waals surface area contributed by atoms with Crippen LogP contribution in [0.3, 0.4) is 0 Å². The first-order valence-electron chi connectivity index (χ1n) is 7.37. The molecule has 1 unspecified atom stereocenters. The highest BCUT2D eigenvalue weighted by atomic mass is 16.1. The lowest BCUT2D eigenvalue weighted by atomic mass is 9.89. The van der Waals surface area contributed by atoms with Gasteiger partial charge in [-0.25, -0.2) is 0 Å². The third kappa shape index (κ3) is 3.95. The van der Waals surface area contributed by atoms with E-state index in [0.29, 0.717) is 6.42 Å². The summed E-state index contributed by atoms with van der Waals surface area (Å²) in [5, 5.41) is 0. The van der Waals surface area contributed by atoms with E-state index in [1.807, 2.05) is 42.5 Å². The van der Waals surface area contributed by atoms with Gasteiger partial charge in [-0.3, -0.25) is 4.79 Å². The van der Waals surface area contributed by atoms with Crippen molar-refractivity contribution < 1.29 is 4.79 Å². The summed E-state index contributed by atoms with van der Waals surface area (Å²) in [6, 6.07) is 17.7. The van der Waals surface area contributed by atoms with Gasteiger partial charge < -0.3 is 11.5 Å². The minimum Gasteiger partial charge on any atom is -0.370 e. The maximum atomic E-state index is 12.4. The zero-order valence-electron chi connectivity index (χ0n) is 12.7. The quantitative estimate of drug-likeness (QED) is 0.656. The van der Waals surface area contributed by atoms with Crippen LogP contribution in [0.15, 0.2) is 59.6 Å². The molecule has 0 saturated carbocycles. The Balaban J connectivity index is 2.37. The second kappa shape index (κ2) is 7.41. The van der Waals surface area contributed by atoms with Gasteiger partial charge in [-0.1, -0.05) is 61.5 Å². The minimum absolute atomic E-state index is 0.199. The predicted octanol–water partition coefficient (Wildman–Crippen LogP) is 2.38. The van der Waals surface area contributed by atoms with Crippen LogP contribution in [0.5, 0.6) is 0 Å². The van der Waals surface area contributed by atoms with Crippen molar-refractivity contribution in [1.82, 2.24) is 0 Å². The van der Waals surface area contributed by atoms with Crippen LogP contribution in [-0.2, 0) is 17.6 Å². The van der Waals surface area contributed by atoms with Gasteiger partial charge in [0, 0.05) is 0 Å². The lowest BCUT2D eigenvalue weighted by Gasteiger charge is -2.16. The van der Waals surface area contributed by atoms with Gasteiger partial charge in [-0.2, -0.15) is 4.99 Å². The van der Waals surface area contributed by atoms with Crippen molar-refractivity contribution in [2.45, 2.75) is 25.7 Å². The second-order valence-electron chi connectivity index (χ2n) is 5.16. The summed E-state index contributed by atoms with van der Waals surface area (Å²) in [7, 11) is 0. The fraction of sp³-hybridized carbons (Fsp3) is 0.222. The molecule has 4 N–H and O–H groups in total. The van der Waals surface area contributed by atoms with Gasteiger partial charge in [-0.05, 0) is 29.5 Å². The number of benzene rings is 2. The first kappa shape index (κ1) is 15.8. The van der Waals surface area contributed by atoms with Gasteiger partial charge in [0.15, 0.2) is 5.96 Å². The number of amides is 1. The van der Waals surface area contributed by atoms with Crippen LogP contribution in [0.4, 0.5) is 0 Å². The van der Waals surface area contributed by atoms with Crippen molar-refractivity contribution in [1.29, 1.82) is 0 Å². The molecule has 114 valence electrons. The summed E-state index contributed by atoms with van der Waals surface area (Å²) in [5.41, 5.74) is 14.0. The molecule has 0 bridgehead atoms. The average Bonchev–Trinajstić information content (AvgIpc) is 2.53. The van der Waals surface area contributed by atoms with E-state index in [0.717, 1.165) is 17.5 Å². The summed E-state index contributed by atoms with van der Waals surface area (Å²) >= 11 is 0. The molecule has 0 spiro atoms. The molecule has 0 aromatic heterocycles. The number of hydrogen-bond donors (Lipinski definition) is 2. The number of nitrogens with zero attached hydrogens (tertiary/aromatic N) is 1. The largest absolute Gasteiger partial charge is 0.370 e. The molecule has 2 aromatic carbocycles. The molecule has 0 heterocycles. The Morgan fingerprint density at radius 3 is 2.18 bits per heavy atom. The Hall–Kier alpha value is -2.62. The smallest absolute Gasteiger partial charge is 0.256 e. The Morgan fingerprint density at radius 1 is 1.00 bits per heavy atom. The third-order valence-electron chi connectivity index (χ3n) is 3.66. The second-order valence-corrected chi connectivity index (χ2v) is 5.16. The van der Waals surface area contributed by atoms with Crippen molar-refractivity contribution >= 4 is 11.9 Å². The zero-order valence-corrected chi connectivity index (χ0v) is 12.7. The predicted molar refractivity (Wildman–Crippen MR) is 89.5 cm³/mol. The van der Waals surface area contributed by atoms with E-state index < -0.39 is 0 Å². The first-order chi connectivity index (χ1) is 10.6. The molecule has 4 nitrogen and oxygen atoms in total. The molecule has 2 rings (SSSR count). The van der Waals surface area contributed by atoms with Crippen LogP contribution < -0.4 is 11.5 Å². The van der Waals surface area contributed by atoms with Crippen molar-refractivity contribution in [3.63, 3.8) is 0 Å². The van der Waals surface area contributed by atoms with E-state index in [9.17, 15) is 4.79 Å². The Labute approximate surface area is 130 Å². The highest BCUT2D eigenvalue weighted by Gasteiger charge is 2.21. The molecule has 0 fully saturated rings. The van der Waals surface area contributed by atoms with Crippen LogP contribution in [0.2, 0.25) is 0 Å². The number of aryl methyl sites for hydroxylation is 1. The fourth-order valence-electron chi connectivity index (χ4n) is 2.56. The Kier molecular flexibility index (Phi) is 5.31. The molecule has 0 aliphatic rings. The van der Waals surface area contributed by atoms with Crippen molar-refractivity contribution in [2.75, 3.05) is 0 Å². The van der Waals surface area contributed by atoms with Gasteiger partial charge in [-0.15, -0.1) is 0 Å². The number of carbonyl (C=O) groups excluding carboxylic acids is 1. The van der Waals surface area contributed by atoms with Gasteiger partial charge in [0.2, 0.25) is 0 Å².